The Kier molecular flexibility index (Phi) is 5.54. The summed E-state index contributed by atoms with van der Waals surface area (Å²) in [7, 11) is 1.55. The number of methoxy groups -OCH3 is 1. The molecule has 0 aromatic carbocycles. The lowest BCUT2D eigenvalue weighted by atomic mass is 10.0. The molecule has 2 amide bonds. The normalized spacial score (nSPS) is 20.0. The van der Waals surface area contributed by atoms with Gasteiger partial charge in [-0.25, -0.2) is 4.98 Å². The zero-order valence-electron chi connectivity index (χ0n) is 13.8. The van der Waals surface area contributed by atoms with Crippen LogP contribution in [-0.2, 0) is 14.3 Å². The van der Waals surface area contributed by atoms with Gasteiger partial charge in [0.25, 0.3) is 17.4 Å². The Morgan fingerprint density at radius 1 is 1.52 bits per heavy atom. The minimum Gasteiger partial charge on any atom is -0.464 e. The summed E-state index contributed by atoms with van der Waals surface area (Å²) in [5.41, 5.74) is -1.60. The molecule has 1 aromatic rings. The Balaban J connectivity index is 2.28. The van der Waals surface area contributed by atoms with Crippen molar-refractivity contribution < 1.29 is 19.1 Å². The fourth-order valence-electron chi connectivity index (χ4n) is 2.38. The number of amides is 2. The minimum atomic E-state index is -1.60. The number of nitrogens with one attached hydrogen (secondary N) is 1. The maximum absolute atomic E-state index is 12.9. The second-order valence-electron chi connectivity index (χ2n) is 5.52. The first-order valence-corrected chi connectivity index (χ1v) is 7.77. The molecular weight excluding hydrogens is 298 g/mol. The molecule has 23 heavy (non-hydrogen) atoms. The van der Waals surface area contributed by atoms with Gasteiger partial charge in [-0.15, -0.1) is 0 Å². The Bertz CT molecular complexity index is 578. The van der Waals surface area contributed by atoms with E-state index in [1.807, 2.05) is 6.92 Å². The zero-order chi connectivity index (χ0) is 16.9. The predicted octanol–water partition coefficient (Wildman–Crippen LogP) is 1.13. The second-order valence-corrected chi connectivity index (χ2v) is 5.52. The highest BCUT2D eigenvalue weighted by Gasteiger charge is 2.50. The standard InChI is InChI=1S/C16H23N3O4/c1-4-5-10-19-13-12(7-6-8-17-13)23-16(2,15(19)21)14(20)18-9-11-22-3/h6-8H,4-5,9-11H2,1-3H3,(H,18,20)/t16-/m0/s1. The van der Waals surface area contributed by atoms with Gasteiger partial charge in [-0.3, -0.25) is 14.5 Å². The molecule has 0 saturated heterocycles. The molecule has 7 nitrogen and oxygen atoms in total. The summed E-state index contributed by atoms with van der Waals surface area (Å²) in [6, 6.07) is 3.43. The van der Waals surface area contributed by atoms with Crippen molar-refractivity contribution in [3.8, 4) is 5.75 Å². The minimum absolute atomic E-state index is 0.316. The first-order chi connectivity index (χ1) is 11.0. The van der Waals surface area contributed by atoms with Crippen LogP contribution in [0.4, 0.5) is 5.82 Å². The molecule has 0 spiro atoms. The van der Waals surface area contributed by atoms with Crippen LogP contribution in [0.15, 0.2) is 18.3 Å². The first kappa shape index (κ1) is 17.2. The number of hydrogen-bond acceptors (Lipinski definition) is 5. The number of unbranched alkanes of at least 4 members (excludes halogenated alkanes) is 1. The molecule has 0 aliphatic carbocycles. The first-order valence-electron chi connectivity index (χ1n) is 7.77. The van der Waals surface area contributed by atoms with Gasteiger partial charge in [0.1, 0.15) is 0 Å². The third-order valence-corrected chi connectivity index (χ3v) is 3.73. The third kappa shape index (κ3) is 3.44. The van der Waals surface area contributed by atoms with Crippen molar-refractivity contribution in [2.24, 2.45) is 0 Å². The summed E-state index contributed by atoms with van der Waals surface area (Å²) in [6.45, 7) is 4.72. The van der Waals surface area contributed by atoms with E-state index in [1.54, 1.807) is 25.4 Å². The molecule has 0 saturated carbocycles. The molecule has 2 rings (SSSR count). The van der Waals surface area contributed by atoms with Crippen LogP contribution in [0.1, 0.15) is 26.7 Å². The van der Waals surface area contributed by atoms with E-state index < -0.39 is 17.4 Å². The Morgan fingerprint density at radius 2 is 2.30 bits per heavy atom. The number of aromatic nitrogens is 1. The Morgan fingerprint density at radius 3 is 3.00 bits per heavy atom. The van der Waals surface area contributed by atoms with E-state index in [4.69, 9.17) is 9.47 Å². The van der Waals surface area contributed by atoms with Gasteiger partial charge in [0, 0.05) is 26.4 Å². The summed E-state index contributed by atoms with van der Waals surface area (Å²) in [6.07, 6.45) is 3.36. The van der Waals surface area contributed by atoms with Crippen molar-refractivity contribution in [1.29, 1.82) is 0 Å². The highest BCUT2D eigenvalue weighted by molar-refractivity contribution is 6.16. The van der Waals surface area contributed by atoms with Crippen LogP contribution < -0.4 is 15.0 Å². The van der Waals surface area contributed by atoms with Crippen molar-refractivity contribution in [1.82, 2.24) is 10.3 Å². The van der Waals surface area contributed by atoms with Gasteiger partial charge in [0.15, 0.2) is 11.6 Å². The van der Waals surface area contributed by atoms with Crippen molar-refractivity contribution in [2.45, 2.75) is 32.3 Å². The van der Waals surface area contributed by atoms with Gasteiger partial charge < -0.3 is 14.8 Å². The summed E-state index contributed by atoms with van der Waals surface area (Å²) in [5.74, 6) is 0.0309. The molecule has 2 heterocycles. The number of ether oxygens (including phenoxy) is 2. The second kappa shape index (κ2) is 7.41. The SMILES string of the molecule is CCCCN1C(=O)[C@](C)(C(=O)NCCOC)Oc2cccnc21. The van der Waals surface area contributed by atoms with E-state index in [0.717, 1.165) is 12.8 Å². The van der Waals surface area contributed by atoms with Gasteiger partial charge in [-0.1, -0.05) is 13.3 Å². The van der Waals surface area contributed by atoms with Crippen LogP contribution in [0, 0.1) is 0 Å². The smallest absolute Gasteiger partial charge is 0.282 e. The highest BCUT2D eigenvalue weighted by atomic mass is 16.5. The van der Waals surface area contributed by atoms with Gasteiger partial charge in [0.2, 0.25) is 0 Å². The molecule has 1 atom stereocenters. The van der Waals surface area contributed by atoms with Gasteiger partial charge in [-0.05, 0) is 25.5 Å². The molecule has 0 bridgehead atoms. The van der Waals surface area contributed by atoms with Crippen molar-refractivity contribution >= 4 is 17.6 Å². The fourth-order valence-corrected chi connectivity index (χ4v) is 2.38. The van der Waals surface area contributed by atoms with E-state index in [-0.39, 0.29) is 0 Å². The van der Waals surface area contributed by atoms with Crippen LogP contribution >= 0.6 is 0 Å². The lowest BCUT2D eigenvalue weighted by molar-refractivity contribution is -0.148. The number of fused-ring (bicyclic) bond motifs is 1. The number of carbonyl (C=O) groups excluding carboxylic acids is 2. The Labute approximate surface area is 136 Å². The molecule has 1 aromatic heterocycles. The summed E-state index contributed by atoms with van der Waals surface area (Å²) in [5, 5.41) is 2.67. The maximum atomic E-state index is 12.9. The van der Waals surface area contributed by atoms with Crippen LogP contribution in [0.5, 0.6) is 5.75 Å². The molecule has 1 N–H and O–H groups in total. The molecule has 1 aliphatic heterocycles. The van der Waals surface area contributed by atoms with Crippen molar-refractivity contribution in [3.05, 3.63) is 18.3 Å². The van der Waals surface area contributed by atoms with Gasteiger partial charge >= 0.3 is 0 Å². The Hall–Kier alpha value is -2.15. The number of pyridine rings is 1. The summed E-state index contributed by atoms with van der Waals surface area (Å²) >= 11 is 0. The molecule has 0 unspecified atom stereocenters. The lowest BCUT2D eigenvalue weighted by Crippen LogP contribution is -2.62. The number of carbonyl (C=O) groups is 2. The molecular formula is C16H23N3O4. The van der Waals surface area contributed by atoms with E-state index in [0.29, 0.717) is 31.3 Å². The van der Waals surface area contributed by atoms with E-state index >= 15 is 0 Å². The number of rotatable bonds is 7. The van der Waals surface area contributed by atoms with Crippen LogP contribution in [0.25, 0.3) is 0 Å². The molecule has 1 aliphatic rings. The lowest BCUT2D eigenvalue weighted by Gasteiger charge is -2.38. The van der Waals surface area contributed by atoms with E-state index in [1.165, 1.54) is 11.8 Å². The van der Waals surface area contributed by atoms with Gasteiger partial charge in [0.05, 0.1) is 6.61 Å². The van der Waals surface area contributed by atoms with Crippen molar-refractivity contribution in [3.63, 3.8) is 0 Å². The molecule has 0 radical (unpaired) electrons. The quantitative estimate of drug-likeness (QED) is 0.601. The van der Waals surface area contributed by atoms with E-state index in [9.17, 15) is 9.59 Å². The van der Waals surface area contributed by atoms with Crippen LogP contribution in [0.2, 0.25) is 0 Å². The summed E-state index contributed by atoms with van der Waals surface area (Å²) < 4.78 is 10.6. The van der Waals surface area contributed by atoms with Gasteiger partial charge in [-0.2, -0.15) is 0 Å². The van der Waals surface area contributed by atoms with Crippen LogP contribution in [0.3, 0.4) is 0 Å². The zero-order valence-corrected chi connectivity index (χ0v) is 13.8. The number of nitrogens with zero attached hydrogens (tertiary/aromatic N) is 2. The topological polar surface area (TPSA) is 80.8 Å². The van der Waals surface area contributed by atoms with Crippen LogP contribution in [-0.4, -0.2) is 49.2 Å². The molecule has 0 fully saturated rings. The number of anilines is 1. The maximum Gasteiger partial charge on any atom is 0.282 e. The molecule has 7 heteroatoms. The summed E-state index contributed by atoms with van der Waals surface area (Å²) in [4.78, 5) is 31.1. The highest BCUT2D eigenvalue weighted by Crippen LogP contribution is 2.36. The third-order valence-electron chi connectivity index (χ3n) is 3.73. The monoisotopic (exact) mass is 321 g/mol. The average molecular weight is 321 g/mol. The van der Waals surface area contributed by atoms with Crippen molar-refractivity contribution in [2.75, 3.05) is 31.7 Å². The average Bonchev–Trinajstić information content (AvgIpc) is 2.55. The molecule has 126 valence electrons. The predicted molar refractivity (Wildman–Crippen MR) is 85.4 cm³/mol. The largest absolute Gasteiger partial charge is 0.464 e. The number of hydrogen-bond donors (Lipinski definition) is 1. The van der Waals surface area contributed by atoms with E-state index in [2.05, 4.69) is 10.3 Å². The fraction of sp³-hybridized carbons (Fsp3) is 0.562.